The van der Waals surface area contributed by atoms with Crippen molar-refractivity contribution in [3.8, 4) is 0 Å². The van der Waals surface area contributed by atoms with Crippen LogP contribution in [0, 0.1) is 0 Å². The number of hydrogen-bond acceptors (Lipinski definition) is 3. The summed E-state index contributed by atoms with van der Waals surface area (Å²) in [5.41, 5.74) is 8.62. The lowest BCUT2D eigenvalue weighted by atomic mass is 9.88. The van der Waals surface area contributed by atoms with Crippen LogP contribution in [-0.2, 0) is 6.54 Å². The molecule has 0 saturated carbocycles. The molecule has 1 saturated heterocycles. The lowest BCUT2D eigenvalue weighted by Crippen LogP contribution is -2.30. The molecule has 0 spiro atoms. The van der Waals surface area contributed by atoms with Gasteiger partial charge in [-0.1, -0.05) is 65.9 Å². The first-order valence-electron chi connectivity index (χ1n) is 10.8. The molecule has 0 bridgehead atoms. The zero-order valence-corrected chi connectivity index (χ0v) is 18.6. The fourth-order valence-electron chi connectivity index (χ4n) is 4.56. The second-order valence-electron chi connectivity index (χ2n) is 8.41. The number of piperidine rings is 1. The number of rotatable bonds is 3. The number of nitrogens with zero attached hydrogens (tertiary/aromatic N) is 2. The highest BCUT2D eigenvalue weighted by molar-refractivity contribution is 7.99. The van der Waals surface area contributed by atoms with Gasteiger partial charge in [-0.2, -0.15) is 0 Å². The van der Waals surface area contributed by atoms with E-state index in [0.29, 0.717) is 0 Å². The Balaban J connectivity index is 1.37. The summed E-state index contributed by atoms with van der Waals surface area (Å²) in [5.74, 6) is 0. The third-order valence-electron chi connectivity index (χ3n) is 6.20. The molecule has 30 heavy (non-hydrogen) atoms. The maximum atomic E-state index is 2.60. The molecule has 152 valence electrons. The molecule has 3 aromatic carbocycles. The summed E-state index contributed by atoms with van der Waals surface area (Å²) < 4.78 is 0. The lowest BCUT2D eigenvalue weighted by Gasteiger charge is -2.32. The van der Waals surface area contributed by atoms with Crippen LogP contribution in [0.5, 0.6) is 0 Å². The van der Waals surface area contributed by atoms with E-state index >= 15 is 0 Å². The van der Waals surface area contributed by atoms with Crippen molar-refractivity contribution in [2.45, 2.75) is 29.2 Å². The lowest BCUT2D eigenvalue weighted by molar-refractivity contribution is 0.248. The fraction of sp³-hybridized carbons (Fsp3) is 0.259. The molecule has 0 N–H and O–H groups in total. The van der Waals surface area contributed by atoms with Gasteiger partial charge < -0.3 is 4.90 Å². The Bertz CT molecular complexity index is 1020. The average Bonchev–Trinajstić information content (AvgIpc) is 2.78. The topological polar surface area (TPSA) is 6.48 Å². The molecule has 3 aromatic rings. The number of hydrogen-bond donors (Lipinski definition) is 0. The Morgan fingerprint density at radius 3 is 1.90 bits per heavy atom. The highest BCUT2D eigenvalue weighted by Crippen LogP contribution is 2.47. The molecule has 0 unspecified atom stereocenters. The van der Waals surface area contributed by atoms with E-state index in [2.05, 4.69) is 96.7 Å². The maximum Gasteiger partial charge on any atom is 0.0361 e. The molecular formula is C27H28N2S. The van der Waals surface area contributed by atoms with Crippen molar-refractivity contribution in [3.63, 3.8) is 0 Å². The highest BCUT2D eigenvalue weighted by Gasteiger charge is 2.25. The number of anilines is 1. The molecule has 0 atom stereocenters. The molecule has 2 aliphatic rings. The van der Waals surface area contributed by atoms with E-state index in [4.69, 9.17) is 0 Å². The van der Waals surface area contributed by atoms with Gasteiger partial charge in [-0.15, -0.1) is 0 Å². The van der Waals surface area contributed by atoms with Crippen LogP contribution in [0.4, 0.5) is 5.69 Å². The Labute approximate surface area is 184 Å². The minimum Gasteiger partial charge on any atom is -0.378 e. The molecule has 3 heteroatoms. The predicted octanol–water partition coefficient (Wildman–Crippen LogP) is 6.32. The first-order chi connectivity index (χ1) is 14.7. The van der Waals surface area contributed by atoms with Crippen LogP contribution in [0.25, 0.3) is 5.57 Å². The summed E-state index contributed by atoms with van der Waals surface area (Å²) in [4.78, 5) is 7.54. The standard InChI is InChI=1S/C27H28N2S/c1-28(2)22-13-11-20(12-14-22)19-29-17-15-21(16-18-29)27-23-7-3-5-9-25(23)30-26-10-6-4-8-24(26)27/h3-14H,15-19H2,1-2H3. The van der Waals surface area contributed by atoms with Gasteiger partial charge in [-0.25, -0.2) is 0 Å². The highest BCUT2D eigenvalue weighted by atomic mass is 32.2. The van der Waals surface area contributed by atoms with Crippen LogP contribution < -0.4 is 4.90 Å². The molecule has 1 fully saturated rings. The number of benzene rings is 3. The zero-order chi connectivity index (χ0) is 20.5. The smallest absolute Gasteiger partial charge is 0.0361 e. The third-order valence-corrected chi connectivity index (χ3v) is 7.36. The van der Waals surface area contributed by atoms with E-state index in [1.165, 1.54) is 37.7 Å². The maximum absolute atomic E-state index is 2.60. The second kappa shape index (κ2) is 8.33. The Morgan fingerprint density at radius 2 is 1.33 bits per heavy atom. The predicted molar refractivity (Wildman–Crippen MR) is 128 cm³/mol. The molecule has 2 aliphatic heterocycles. The van der Waals surface area contributed by atoms with Gasteiger partial charge in [0, 0.05) is 49.2 Å². The van der Waals surface area contributed by atoms with Gasteiger partial charge in [0.15, 0.2) is 0 Å². The van der Waals surface area contributed by atoms with Crippen molar-refractivity contribution in [2.75, 3.05) is 32.1 Å². The van der Waals surface area contributed by atoms with Gasteiger partial charge in [-0.05, 0) is 59.4 Å². The van der Waals surface area contributed by atoms with Crippen LogP contribution in [0.3, 0.4) is 0 Å². The molecular weight excluding hydrogens is 384 g/mol. The van der Waals surface area contributed by atoms with Gasteiger partial charge >= 0.3 is 0 Å². The first-order valence-corrected chi connectivity index (χ1v) is 11.6. The molecule has 5 rings (SSSR count). The van der Waals surface area contributed by atoms with Crippen LogP contribution >= 0.6 is 11.8 Å². The van der Waals surface area contributed by atoms with E-state index in [1.807, 2.05) is 11.8 Å². The van der Waals surface area contributed by atoms with Crippen molar-refractivity contribution >= 4 is 23.0 Å². The fourth-order valence-corrected chi connectivity index (χ4v) is 5.65. The Hall–Kier alpha value is -2.49. The summed E-state index contributed by atoms with van der Waals surface area (Å²) in [6.45, 7) is 3.30. The van der Waals surface area contributed by atoms with Crippen molar-refractivity contribution in [1.29, 1.82) is 0 Å². The SMILES string of the molecule is CN(C)c1ccc(CN2CCC(=C3c4ccccc4Sc4ccccc43)CC2)cc1. The van der Waals surface area contributed by atoms with Crippen molar-refractivity contribution in [2.24, 2.45) is 0 Å². The molecule has 0 radical (unpaired) electrons. The van der Waals surface area contributed by atoms with Gasteiger partial charge in [-0.3, -0.25) is 4.90 Å². The van der Waals surface area contributed by atoms with Gasteiger partial charge in [0.2, 0.25) is 0 Å². The minimum absolute atomic E-state index is 1.04. The summed E-state index contributed by atoms with van der Waals surface area (Å²) in [6, 6.07) is 26.8. The molecule has 2 heterocycles. The average molecular weight is 413 g/mol. The van der Waals surface area contributed by atoms with E-state index < -0.39 is 0 Å². The van der Waals surface area contributed by atoms with E-state index in [0.717, 1.165) is 32.5 Å². The van der Waals surface area contributed by atoms with Crippen molar-refractivity contribution in [3.05, 3.63) is 95.1 Å². The third kappa shape index (κ3) is 3.80. The first kappa shape index (κ1) is 19.5. The summed E-state index contributed by atoms with van der Waals surface area (Å²) in [7, 11) is 4.18. The van der Waals surface area contributed by atoms with Crippen LogP contribution in [0.1, 0.15) is 29.5 Å². The largest absolute Gasteiger partial charge is 0.378 e. The van der Waals surface area contributed by atoms with Gasteiger partial charge in [0.05, 0.1) is 0 Å². The summed E-state index contributed by atoms with van der Waals surface area (Å²) >= 11 is 1.91. The van der Waals surface area contributed by atoms with Gasteiger partial charge in [0.25, 0.3) is 0 Å². The molecule has 0 amide bonds. The van der Waals surface area contributed by atoms with Crippen molar-refractivity contribution in [1.82, 2.24) is 4.90 Å². The summed E-state index contributed by atoms with van der Waals surface area (Å²) in [5, 5.41) is 0. The normalized spacial score (nSPS) is 16.2. The molecule has 0 aliphatic carbocycles. The number of likely N-dealkylation sites (tertiary alicyclic amines) is 1. The van der Waals surface area contributed by atoms with E-state index in [-0.39, 0.29) is 0 Å². The Morgan fingerprint density at radius 1 is 0.767 bits per heavy atom. The number of fused-ring (bicyclic) bond motifs is 2. The van der Waals surface area contributed by atoms with Crippen LogP contribution in [0.2, 0.25) is 0 Å². The van der Waals surface area contributed by atoms with E-state index in [9.17, 15) is 0 Å². The van der Waals surface area contributed by atoms with Crippen molar-refractivity contribution < 1.29 is 0 Å². The second-order valence-corrected chi connectivity index (χ2v) is 9.49. The van der Waals surface area contributed by atoms with Crippen LogP contribution in [-0.4, -0.2) is 32.1 Å². The van der Waals surface area contributed by atoms with Crippen LogP contribution in [0.15, 0.2) is 88.2 Å². The monoisotopic (exact) mass is 412 g/mol. The molecule has 2 nitrogen and oxygen atoms in total. The zero-order valence-electron chi connectivity index (χ0n) is 17.8. The Kier molecular flexibility index (Phi) is 5.41. The van der Waals surface area contributed by atoms with Gasteiger partial charge in [0.1, 0.15) is 0 Å². The quantitative estimate of drug-likeness (QED) is 0.389. The summed E-state index contributed by atoms with van der Waals surface area (Å²) in [6.07, 6.45) is 2.30. The minimum atomic E-state index is 1.04. The van der Waals surface area contributed by atoms with E-state index in [1.54, 1.807) is 5.57 Å². The molecule has 0 aromatic heterocycles.